The minimum atomic E-state index is -0.499. The van der Waals surface area contributed by atoms with Crippen molar-refractivity contribution in [2.75, 3.05) is 0 Å². The molecule has 0 saturated carbocycles. The first kappa shape index (κ1) is 8.97. The van der Waals surface area contributed by atoms with E-state index in [1.807, 2.05) is 0 Å². The van der Waals surface area contributed by atoms with Gasteiger partial charge in [0.15, 0.2) is 0 Å². The highest BCUT2D eigenvalue weighted by atomic mass is 16.5. The van der Waals surface area contributed by atoms with Crippen molar-refractivity contribution in [2.45, 2.75) is 20.1 Å². The molecule has 4 heteroatoms. The number of primary amides is 1. The molecule has 4 nitrogen and oxygen atoms in total. The number of ether oxygens (including phenoxy) is 1. The summed E-state index contributed by atoms with van der Waals surface area (Å²) in [5.41, 5.74) is 10.5. The molecule has 58 valence electrons. The first-order valence-corrected chi connectivity index (χ1v) is 2.91. The van der Waals surface area contributed by atoms with E-state index >= 15 is 0 Å². The van der Waals surface area contributed by atoms with E-state index < -0.39 is 12.1 Å². The van der Waals surface area contributed by atoms with Gasteiger partial charge in [-0.15, -0.1) is 0 Å². The van der Waals surface area contributed by atoms with Crippen LogP contribution in [-0.4, -0.2) is 12.1 Å². The molecule has 0 bridgehead atoms. The second kappa shape index (κ2) is 3.90. The Labute approximate surface area is 59.8 Å². The summed E-state index contributed by atoms with van der Waals surface area (Å²) in [5.74, 6) is -0.499. The fourth-order valence-corrected chi connectivity index (χ4v) is 0.267. The summed E-state index contributed by atoms with van der Waals surface area (Å²) in [6, 6.07) is 0. The largest absolute Gasteiger partial charge is 0.483 e. The predicted octanol–water partition coefficient (Wildman–Crippen LogP) is -0.303. The van der Waals surface area contributed by atoms with Gasteiger partial charge in [-0.1, -0.05) is 0 Å². The van der Waals surface area contributed by atoms with E-state index in [2.05, 4.69) is 0 Å². The number of hydrogen-bond acceptors (Lipinski definition) is 3. The monoisotopic (exact) mass is 144 g/mol. The van der Waals surface area contributed by atoms with E-state index in [-0.39, 0.29) is 0 Å². The highest BCUT2D eigenvalue weighted by Gasteiger charge is 1.96. The smallest absolute Gasteiger partial charge is 0.247 e. The Morgan fingerprint density at radius 2 is 2.20 bits per heavy atom. The predicted molar refractivity (Wildman–Crippen MR) is 37.7 cm³/mol. The molecular weight excluding hydrogens is 132 g/mol. The van der Waals surface area contributed by atoms with Gasteiger partial charge in [-0.25, -0.2) is 0 Å². The van der Waals surface area contributed by atoms with Crippen molar-refractivity contribution in [1.82, 2.24) is 0 Å². The average molecular weight is 144 g/mol. The molecular formula is C6H12N2O2. The third kappa shape index (κ3) is 3.91. The first-order chi connectivity index (χ1) is 4.54. The SMILES string of the molecule is CC(=COC(C)N)C(N)=O. The Morgan fingerprint density at radius 1 is 1.70 bits per heavy atom. The molecule has 1 atom stereocenters. The first-order valence-electron chi connectivity index (χ1n) is 2.91. The van der Waals surface area contributed by atoms with Gasteiger partial charge in [-0.2, -0.15) is 0 Å². The van der Waals surface area contributed by atoms with Gasteiger partial charge in [0, 0.05) is 5.57 Å². The molecule has 0 radical (unpaired) electrons. The van der Waals surface area contributed by atoms with Crippen molar-refractivity contribution in [1.29, 1.82) is 0 Å². The Morgan fingerprint density at radius 3 is 2.50 bits per heavy atom. The number of amides is 1. The highest BCUT2D eigenvalue weighted by molar-refractivity contribution is 5.90. The lowest BCUT2D eigenvalue weighted by Gasteiger charge is -2.03. The van der Waals surface area contributed by atoms with E-state index in [1.54, 1.807) is 13.8 Å². The summed E-state index contributed by atoms with van der Waals surface area (Å²) in [5, 5.41) is 0. The molecule has 0 aliphatic rings. The third-order valence-electron chi connectivity index (χ3n) is 0.848. The van der Waals surface area contributed by atoms with E-state index in [0.717, 1.165) is 0 Å². The van der Waals surface area contributed by atoms with Crippen molar-refractivity contribution in [3.63, 3.8) is 0 Å². The fourth-order valence-electron chi connectivity index (χ4n) is 0.267. The Hall–Kier alpha value is -1.03. The van der Waals surface area contributed by atoms with Gasteiger partial charge < -0.3 is 10.5 Å². The maximum atomic E-state index is 10.3. The number of carbonyl (C=O) groups excluding carboxylic acids is 1. The number of hydrogen-bond donors (Lipinski definition) is 2. The van der Waals surface area contributed by atoms with Crippen LogP contribution in [0.4, 0.5) is 0 Å². The van der Waals surface area contributed by atoms with E-state index in [0.29, 0.717) is 5.57 Å². The molecule has 0 heterocycles. The van der Waals surface area contributed by atoms with Gasteiger partial charge in [0.25, 0.3) is 0 Å². The lowest BCUT2D eigenvalue weighted by Crippen LogP contribution is -2.18. The summed E-state index contributed by atoms with van der Waals surface area (Å²) in [6.07, 6.45) is 0.849. The van der Waals surface area contributed by atoms with Gasteiger partial charge in [-0.05, 0) is 13.8 Å². The second-order valence-corrected chi connectivity index (χ2v) is 2.01. The minimum Gasteiger partial charge on any atom is -0.483 e. The molecule has 1 amide bonds. The van der Waals surface area contributed by atoms with Crippen LogP contribution in [0, 0.1) is 0 Å². The van der Waals surface area contributed by atoms with Gasteiger partial charge in [0.05, 0.1) is 6.26 Å². The third-order valence-corrected chi connectivity index (χ3v) is 0.848. The molecule has 0 aromatic rings. The fraction of sp³-hybridized carbons (Fsp3) is 0.500. The van der Waals surface area contributed by atoms with Crippen LogP contribution < -0.4 is 11.5 Å². The molecule has 0 aliphatic carbocycles. The molecule has 10 heavy (non-hydrogen) atoms. The van der Waals surface area contributed by atoms with Crippen molar-refractivity contribution < 1.29 is 9.53 Å². The lowest BCUT2D eigenvalue weighted by molar-refractivity contribution is -0.114. The van der Waals surface area contributed by atoms with Crippen LogP contribution in [0.25, 0.3) is 0 Å². The van der Waals surface area contributed by atoms with Crippen LogP contribution in [0.1, 0.15) is 13.8 Å². The quantitative estimate of drug-likeness (QED) is 0.324. The Kier molecular flexibility index (Phi) is 3.49. The zero-order valence-electron chi connectivity index (χ0n) is 6.13. The summed E-state index contributed by atoms with van der Waals surface area (Å²) >= 11 is 0. The van der Waals surface area contributed by atoms with E-state index in [4.69, 9.17) is 16.2 Å². The number of carbonyl (C=O) groups is 1. The summed E-state index contributed by atoms with van der Waals surface area (Å²) < 4.78 is 4.78. The molecule has 0 saturated heterocycles. The van der Waals surface area contributed by atoms with Gasteiger partial charge in [0.1, 0.15) is 6.23 Å². The topological polar surface area (TPSA) is 78.3 Å². The van der Waals surface area contributed by atoms with E-state index in [1.165, 1.54) is 6.26 Å². The summed E-state index contributed by atoms with van der Waals surface area (Å²) in [7, 11) is 0. The maximum Gasteiger partial charge on any atom is 0.247 e. The van der Waals surface area contributed by atoms with Crippen molar-refractivity contribution in [2.24, 2.45) is 11.5 Å². The Balaban J connectivity index is 3.81. The highest BCUT2D eigenvalue weighted by Crippen LogP contribution is 1.91. The van der Waals surface area contributed by atoms with Crippen molar-refractivity contribution in [3.05, 3.63) is 11.8 Å². The van der Waals surface area contributed by atoms with Crippen LogP contribution >= 0.6 is 0 Å². The van der Waals surface area contributed by atoms with Gasteiger partial charge in [-0.3, -0.25) is 10.5 Å². The normalized spacial score (nSPS) is 14.5. The minimum absolute atomic E-state index is 0.359. The molecule has 0 aromatic heterocycles. The number of rotatable bonds is 3. The Bertz CT molecular complexity index is 152. The average Bonchev–Trinajstić information content (AvgIpc) is 1.82. The van der Waals surface area contributed by atoms with Crippen LogP contribution in [0.3, 0.4) is 0 Å². The van der Waals surface area contributed by atoms with Crippen LogP contribution in [0.2, 0.25) is 0 Å². The van der Waals surface area contributed by atoms with Crippen LogP contribution in [-0.2, 0) is 9.53 Å². The van der Waals surface area contributed by atoms with Crippen molar-refractivity contribution >= 4 is 5.91 Å². The van der Waals surface area contributed by atoms with Crippen LogP contribution in [0.15, 0.2) is 11.8 Å². The molecule has 0 aliphatic heterocycles. The van der Waals surface area contributed by atoms with Crippen LogP contribution in [0.5, 0.6) is 0 Å². The molecule has 0 spiro atoms. The van der Waals surface area contributed by atoms with Crippen molar-refractivity contribution in [3.8, 4) is 0 Å². The maximum absolute atomic E-state index is 10.3. The van der Waals surface area contributed by atoms with Gasteiger partial charge in [0.2, 0.25) is 5.91 Å². The second-order valence-electron chi connectivity index (χ2n) is 2.01. The zero-order valence-corrected chi connectivity index (χ0v) is 6.13. The summed E-state index contributed by atoms with van der Waals surface area (Å²) in [4.78, 5) is 10.3. The van der Waals surface area contributed by atoms with E-state index in [9.17, 15) is 4.79 Å². The lowest BCUT2D eigenvalue weighted by atomic mass is 10.3. The molecule has 0 fully saturated rings. The number of nitrogens with two attached hydrogens (primary N) is 2. The molecule has 0 aromatic carbocycles. The molecule has 1 unspecified atom stereocenters. The molecule has 0 rings (SSSR count). The molecule has 4 N–H and O–H groups in total. The zero-order chi connectivity index (χ0) is 8.15. The van der Waals surface area contributed by atoms with Gasteiger partial charge >= 0.3 is 0 Å². The summed E-state index contributed by atoms with van der Waals surface area (Å²) in [6.45, 7) is 3.22. The standard InChI is InChI=1S/C6H12N2O2/c1-4(6(8)9)3-10-5(2)7/h3,5H,7H2,1-2H3,(H2,8,9).